The van der Waals surface area contributed by atoms with Gasteiger partial charge in [0.1, 0.15) is 5.82 Å². The minimum Gasteiger partial charge on any atom is -0.381 e. The maximum Gasteiger partial charge on any atom is 0.252 e. The predicted octanol–water partition coefficient (Wildman–Crippen LogP) is 2.38. The molecule has 2 fully saturated rings. The van der Waals surface area contributed by atoms with Gasteiger partial charge >= 0.3 is 0 Å². The van der Waals surface area contributed by atoms with Crippen LogP contribution in [0.2, 0.25) is 0 Å². The number of nitrogens with zero attached hydrogens (tertiary/aromatic N) is 2. The lowest BCUT2D eigenvalue weighted by Gasteiger charge is -2.23. The van der Waals surface area contributed by atoms with Gasteiger partial charge in [0.25, 0.3) is 5.91 Å². The molecule has 0 radical (unpaired) electrons. The molecule has 1 amide bonds. The van der Waals surface area contributed by atoms with Gasteiger partial charge < -0.3 is 20.3 Å². The predicted molar refractivity (Wildman–Crippen MR) is 103 cm³/mol. The standard InChI is InChI=1S/C20H32N4O2/c1-15(2)13-24-8-5-16(14-24)11-22-20(25)17-3-4-19(21-12-17)23-18-6-9-26-10-7-18/h3-4,12,15-16,18H,5-11,13-14H2,1-2H3,(H,21,23)(H,22,25)/t16-/m1/s1. The van der Waals surface area contributed by atoms with E-state index in [-0.39, 0.29) is 5.91 Å². The summed E-state index contributed by atoms with van der Waals surface area (Å²) < 4.78 is 5.37. The fourth-order valence-electron chi connectivity index (χ4n) is 3.77. The molecule has 2 saturated heterocycles. The van der Waals surface area contributed by atoms with E-state index in [9.17, 15) is 4.79 Å². The minimum absolute atomic E-state index is 0.0302. The third-order valence-electron chi connectivity index (χ3n) is 5.14. The number of likely N-dealkylation sites (tertiary alicyclic amines) is 1. The summed E-state index contributed by atoms with van der Waals surface area (Å²) in [7, 11) is 0. The van der Waals surface area contributed by atoms with E-state index in [2.05, 4.69) is 34.4 Å². The molecule has 2 aliphatic heterocycles. The van der Waals surface area contributed by atoms with Gasteiger partial charge in [0, 0.05) is 45.1 Å². The molecule has 0 aromatic carbocycles. The average molecular weight is 361 g/mol. The van der Waals surface area contributed by atoms with E-state index in [0.29, 0.717) is 23.4 Å². The Hall–Kier alpha value is -1.66. The number of pyridine rings is 1. The first-order chi connectivity index (χ1) is 12.6. The van der Waals surface area contributed by atoms with Gasteiger partial charge in [-0.15, -0.1) is 0 Å². The number of carbonyl (C=O) groups excluding carboxylic acids is 1. The molecule has 6 heteroatoms. The van der Waals surface area contributed by atoms with Crippen LogP contribution in [-0.2, 0) is 4.74 Å². The first-order valence-corrected chi connectivity index (χ1v) is 9.91. The highest BCUT2D eigenvalue weighted by molar-refractivity contribution is 5.94. The van der Waals surface area contributed by atoms with E-state index in [0.717, 1.165) is 58.1 Å². The van der Waals surface area contributed by atoms with Crippen LogP contribution in [0.5, 0.6) is 0 Å². The molecular weight excluding hydrogens is 328 g/mol. The van der Waals surface area contributed by atoms with Crippen molar-refractivity contribution in [2.75, 3.05) is 44.7 Å². The molecule has 26 heavy (non-hydrogen) atoms. The second kappa shape index (κ2) is 9.33. The third kappa shape index (κ3) is 5.68. The third-order valence-corrected chi connectivity index (χ3v) is 5.14. The highest BCUT2D eigenvalue weighted by atomic mass is 16.5. The van der Waals surface area contributed by atoms with Gasteiger partial charge in [0.05, 0.1) is 5.56 Å². The van der Waals surface area contributed by atoms with Gasteiger partial charge in [-0.05, 0) is 49.8 Å². The lowest BCUT2D eigenvalue weighted by molar-refractivity contribution is 0.0904. The van der Waals surface area contributed by atoms with Crippen molar-refractivity contribution >= 4 is 11.7 Å². The van der Waals surface area contributed by atoms with Crippen molar-refractivity contribution in [2.24, 2.45) is 11.8 Å². The molecule has 0 spiro atoms. The highest BCUT2D eigenvalue weighted by Gasteiger charge is 2.23. The maximum absolute atomic E-state index is 12.4. The van der Waals surface area contributed by atoms with Gasteiger partial charge in [0.2, 0.25) is 0 Å². The number of hydrogen-bond donors (Lipinski definition) is 2. The molecule has 2 N–H and O–H groups in total. The summed E-state index contributed by atoms with van der Waals surface area (Å²) >= 11 is 0. The molecular formula is C20H32N4O2. The summed E-state index contributed by atoms with van der Waals surface area (Å²) in [6, 6.07) is 4.15. The quantitative estimate of drug-likeness (QED) is 0.781. The average Bonchev–Trinajstić information content (AvgIpc) is 3.08. The summed E-state index contributed by atoms with van der Waals surface area (Å²) in [6.45, 7) is 10.2. The normalized spacial score (nSPS) is 21.9. The van der Waals surface area contributed by atoms with Crippen molar-refractivity contribution in [3.63, 3.8) is 0 Å². The van der Waals surface area contributed by atoms with Crippen molar-refractivity contribution in [1.82, 2.24) is 15.2 Å². The molecule has 3 rings (SSSR count). The lowest BCUT2D eigenvalue weighted by atomic mass is 10.1. The molecule has 0 saturated carbocycles. The Labute approximate surface area is 156 Å². The van der Waals surface area contributed by atoms with Crippen molar-refractivity contribution < 1.29 is 9.53 Å². The van der Waals surface area contributed by atoms with Crippen LogP contribution in [0.4, 0.5) is 5.82 Å². The van der Waals surface area contributed by atoms with Gasteiger partial charge in [-0.25, -0.2) is 4.98 Å². The summed E-state index contributed by atoms with van der Waals surface area (Å²) in [6.07, 6.45) is 4.83. The van der Waals surface area contributed by atoms with Crippen LogP contribution in [0, 0.1) is 11.8 Å². The van der Waals surface area contributed by atoms with Crippen molar-refractivity contribution in [3.05, 3.63) is 23.9 Å². The summed E-state index contributed by atoms with van der Waals surface area (Å²) in [5.74, 6) is 2.05. The number of nitrogens with one attached hydrogen (secondary N) is 2. The molecule has 0 aliphatic carbocycles. The molecule has 0 unspecified atom stereocenters. The largest absolute Gasteiger partial charge is 0.381 e. The molecule has 1 atom stereocenters. The smallest absolute Gasteiger partial charge is 0.252 e. The van der Waals surface area contributed by atoms with Crippen LogP contribution in [0.25, 0.3) is 0 Å². The van der Waals surface area contributed by atoms with E-state index in [1.54, 1.807) is 6.20 Å². The molecule has 3 heterocycles. The topological polar surface area (TPSA) is 66.5 Å². The zero-order valence-corrected chi connectivity index (χ0v) is 16.0. The van der Waals surface area contributed by atoms with Crippen LogP contribution in [0.1, 0.15) is 43.5 Å². The van der Waals surface area contributed by atoms with Gasteiger partial charge in [-0.2, -0.15) is 0 Å². The van der Waals surface area contributed by atoms with Crippen LogP contribution >= 0.6 is 0 Å². The molecule has 6 nitrogen and oxygen atoms in total. The van der Waals surface area contributed by atoms with E-state index < -0.39 is 0 Å². The summed E-state index contributed by atoms with van der Waals surface area (Å²) in [5, 5.41) is 6.49. The van der Waals surface area contributed by atoms with E-state index in [1.807, 2.05) is 12.1 Å². The number of rotatable bonds is 7. The van der Waals surface area contributed by atoms with Gasteiger partial charge in [0.15, 0.2) is 0 Å². The van der Waals surface area contributed by atoms with E-state index in [4.69, 9.17) is 4.74 Å². The van der Waals surface area contributed by atoms with Crippen LogP contribution in [0.15, 0.2) is 18.3 Å². The Balaban J connectivity index is 1.42. The second-order valence-corrected chi connectivity index (χ2v) is 7.98. The van der Waals surface area contributed by atoms with E-state index in [1.165, 1.54) is 6.42 Å². The summed E-state index contributed by atoms with van der Waals surface area (Å²) in [5.41, 5.74) is 0.625. The SMILES string of the molecule is CC(C)CN1CC[C@H](CNC(=O)c2ccc(NC3CCOCC3)nc2)C1. The van der Waals surface area contributed by atoms with Crippen LogP contribution in [-0.4, -0.2) is 61.2 Å². The number of aromatic nitrogens is 1. The number of amides is 1. The second-order valence-electron chi connectivity index (χ2n) is 7.98. The fraction of sp³-hybridized carbons (Fsp3) is 0.700. The number of anilines is 1. The van der Waals surface area contributed by atoms with Crippen molar-refractivity contribution in [3.8, 4) is 0 Å². The Bertz CT molecular complexity index is 570. The molecule has 1 aromatic heterocycles. The Morgan fingerprint density at radius 1 is 1.31 bits per heavy atom. The fourth-order valence-corrected chi connectivity index (χ4v) is 3.77. The highest BCUT2D eigenvalue weighted by Crippen LogP contribution is 2.17. The Kier molecular flexibility index (Phi) is 6.86. The van der Waals surface area contributed by atoms with Gasteiger partial charge in [-0.1, -0.05) is 13.8 Å². The first-order valence-electron chi connectivity index (χ1n) is 9.91. The van der Waals surface area contributed by atoms with Gasteiger partial charge in [-0.3, -0.25) is 4.79 Å². The molecule has 0 bridgehead atoms. The lowest BCUT2D eigenvalue weighted by Crippen LogP contribution is -2.32. The van der Waals surface area contributed by atoms with E-state index >= 15 is 0 Å². The number of carbonyl (C=O) groups is 1. The Morgan fingerprint density at radius 2 is 2.12 bits per heavy atom. The zero-order chi connectivity index (χ0) is 18.4. The monoisotopic (exact) mass is 360 g/mol. The van der Waals surface area contributed by atoms with Crippen molar-refractivity contribution in [1.29, 1.82) is 0 Å². The minimum atomic E-state index is -0.0302. The Morgan fingerprint density at radius 3 is 2.81 bits per heavy atom. The number of hydrogen-bond acceptors (Lipinski definition) is 5. The zero-order valence-electron chi connectivity index (χ0n) is 16.0. The number of ether oxygens (including phenoxy) is 1. The maximum atomic E-state index is 12.4. The van der Waals surface area contributed by atoms with Crippen LogP contribution < -0.4 is 10.6 Å². The van der Waals surface area contributed by atoms with Crippen molar-refractivity contribution in [2.45, 2.75) is 39.2 Å². The molecule has 1 aromatic rings. The van der Waals surface area contributed by atoms with Crippen LogP contribution in [0.3, 0.4) is 0 Å². The molecule has 144 valence electrons. The summed E-state index contributed by atoms with van der Waals surface area (Å²) in [4.78, 5) is 19.3. The molecule has 2 aliphatic rings. The first kappa shape index (κ1) is 19.1.